The molecule has 0 N–H and O–H groups in total. The zero-order chi connectivity index (χ0) is 19.4. The zero-order valence-corrected chi connectivity index (χ0v) is 15.5. The first-order chi connectivity index (χ1) is 13.0. The number of ether oxygens (including phenoxy) is 2. The smallest absolute Gasteiger partial charge is 0.415 e. The largest absolute Gasteiger partial charge is 0.497 e. The molecule has 0 fully saturated rings. The van der Waals surface area contributed by atoms with E-state index in [1.54, 1.807) is 60.5 Å². The summed E-state index contributed by atoms with van der Waals surface area (Å²) in [4.78, 5) is 26.0. The maximum atomic E-state index is 12.4. The van der Waals surface area contributed by atoms with Gasteiger partial charge in [-0.15, -0.1) is 0 Å². The fourth-order valence-corrected chi connectivity index (χ4v) is 2.77. The third-order valence-corrected chi connectivity index (χ3v) is 4.34. The van der Waals surface area contributed by atoms with Gasteiger partial charge in [0.15, 0.2) is 0 Å². The van der Waals surface area contributed by atoms with Gasteiger partial charge in [-0.1, -0.05) is 12.1 Å². The summed E-state index contributed by atoms with van der Waals surface area (Å²) in [5, 5.41) is 0.739. The highest BCUT2D eigenvalue weighted by Gasteiger charge is 2.14. The van der Waals surface area contributed by atoms with E-state index in [2.05, 4.69) is 0 Å². The molecule has 0 aliphatic carbocycles. The van der Waals surface area contributed by atoms with Gasteiger partial charge in [0, 0.05) is 24.5 Å². The number of fused-ring (bicyclic) bond motifs is 1. The molecule has 0 atom stereocenters. The van der Waals surface area contributed by atoms with E-state index < -0.39 is 11.7 Å². The van der Waals surface area contributed by atoms with E-state index in [0.717, 1.165) is 10.9 Å². The van der Waals surface area contributed by atoms with Gasteiger partial charge in [-0.25, -0.2) is 9.59 Å². The fourth-order valence-electron chi connectivity index (χ4n) is 2.77. The van der Waals surface area contributed by atoms with Crippen molar-refractivity contribution in [2.45, 2.75) is 13.8 Å². The van der Waals surface area contributed by atoms with Crippen LogP contribution < -0.4 is 15.1 Å². The predicted octanol–water partition coefficient (Wildman–Crippen LogP) is 4.31. The molecule has 0 radical (unpaired) electrons. The second kappa shape index (κ2) is 7.95. The molecule has 0 saturated carbocycles. The Labute approximate surface area is 156 Å². The summed E-state index contributed by atoms with van der Waals surface area (Å²) < 4.78 is 15.9. The van der Waals surface area contributed by atoms with Gasteiger partial charge in [0.25, 0.3) is 0 Å². The molecular formula is C21H21NO5. The normalized spacial score (nSPS) is 10.6. The van der Waals surface area contributed by atoms with Crippen molar-refractivity contribution in [2.24, 2.45) is 0 Å². The Morgan fingerprint density at radius 3 is 2.30 bits per heavy atom. The van der Waals surface area contributed by atoms with E-state index >= 15 is 0 Å². The molecule has 1 amide bonds. The summed E-state index contributed by atoms with van der Waals surface area (Å²) in [5.41, 5.74) is 1.10. The van der Waals surface area contributed by atoms with E-state index in [1.807, 2.05) is 13.8 Å². The van der Waals surface area contributed by atoms with Crippen molar-refractivity contribution in [2.75, 3.05) is 20.2 Å². The van der Waals surface area contributed by atoms with Crippen molar-refractivity contribution in [3.05, 3.63) is 59.0 Å². The van der Waals surface area contributed by atoms with Gasteiger partial charge >= 0.3 is 11.7 Å². The number of benzene rings is 2. The Hall–Kier alpha value is -3.28. The summed E-state index contributed by atoms with van der Waals surface area (Å²) in [6.45, 7) is 4.88. The molecule has 1 heterocycles. The lowest BCUT2D eigenvalue weighted by molar-refractivity contribution is 0.157. The minimum absolute atomic E-state index is 0.333. The van der Waals surface area contributed by atoms with E-state index in [-0.39, 0.29) is 0 Å². The number of hydrogen-bond acceptors (Lipinski definition) is 5. The van der Waals surface area contributed by atoms with Crippen LogP contribution in [0.15, 0.2) is 57.7 Å². The Bertz CT molecular complexity index is 1000. The van der Waals surface area contributed by atoms with Crippen LogP contribution in [0.2, 0.25) is 0 Å². The summed E-state index contributed by atoms with van der Waals surface area (Å²) in [6, 6.07) is 13.9. The maximum absolute atomic E-state index is 12.4. The van der Waals surface area contributed by atoms with Crippen LogP contribution in [0.3, 0.4) is 0 Å². The van der Waals surface area contributed by atoms with Crippen molar-refractivity contribution in [1.29, 1.82) is 0 Å². The maximum Gasteiger partial charge on any atom is 0.415 e. The van der Waals surface area contributed by atoms with Crippen LogP contribution in [0.25, 0.3) is 22.1 Å². The molecule has 0 unspecified atom stereocenters. The number of methoxy groups -OCH3 is 1. The lowest BCUT2D eigenvalue weighted by Gasteiger charge is -2.17. The van der Waals surface area contributed by atoms with Crippen LogP contribution in [0.1, 0.15) is 13.8 Å². The van der Waals surface area contributed by atoms with E-state index in [0.29, 0.717) is 35.7 Å². The molecule has 0 saturated heterocycles. The SMILES string of the molecule is CCN(CC)C(=O)Oc1ccc2cc(-c3ccc(OC)cc3)c(=O)oc2c1. The van der Waals surface area contributed by atoms with Gasteiger partial charge in [0.2, 0.25) is 0 Å². The van der Waals surface area contributed by atoms with Crippen molar-refractivity contribution in [3.63, 3.8) is 0 Å². The van der Waals surface area contributed by atoms with Gasteiger partial charge < -0.3 is 18.8 Å². The van der Waals surface area contributed by atoms with E-state index in [1.165, 1.54) is 0 Å². The molecule has 0 aliphatic heterocycles. The van der Waals surface area contributed by atoms with Gasteiger partial charge in [-0.3, -0.25) is 0 Å². The summed E-state index contributed by atoms with van der Waals surface area (Å²) in [6.07, 6.45) is -0.434. The highest BCUT2D eigenvalue weighted by Crippen LogP contribution is 2.26. The van der Waals surface area contributed by atoms with Crippen LogP contribution in [-0.4, -0.2) is 31.2 Å². The van der Waals surface area contributed by atoms with Gasteiger partial charge in [0.1, 0.15) is 17.1 Å². The Morgan fingerprint density at radius 1 is 1.00 bits per heavy atom. The standard InChI is InChI=1S/C21H21NO5/c1-4-22(5-2)21(24)26-17-11-8-15-12-18(20(23)27-19(15)13-17)14-6-9-16(25-3)10-7-14/h6-13H,4-5H2,1-3H3. The van der Waals surface area contributed by atoms with Crippen LogP contribution in [0, 0.1) is 0 Å². The third kappa shape index (κ3) is 3.95. The first-order valence-corrected chi connectivity index (χ1v) is 8.74. The average molecular weight is 367 g/mol. The lowest BCUT2D eigenvalue weighted by atomic mass is 10.1. The van der Waals surface area contributed by atoms with Crippen LogP contribution >= 0.6 is 0 Å². The van der Waals surface area contributed by atoms with Crippen molar-refractivity contribution < 1.29 is 18.7 Å². The summed E-state index contributed by atoms with van der Waals surface area (Å²) >= 11 is 0. The molecule has 1 aromatic heterocycles. The zero-order valence-electron chi connectivity index (χ0n) is 15.5. The number of carbonyl (C=O) groups is 1. The van der Waals surface area contributed by atoms with Gasteiger partial charge in [0.05, 0.1) is 12.7 Å². The van der Waals surface area contributed by atoms with Crippen molar-refractivity contribution in [1.82, 2.24) is 4.90 Å². The second-order valence-corrected chi connectivity index (χ2v) is 5.92. The number of hydrogen-bond donors (Lipinski definition) is 0. The Balaban J connectivity index is 1.92. The van der Waals surface area contributed by atoms with Crippen LogP contribution in [0.4, 0.5) is 4.79 Å². The first-order valence-electron chi connectivity index (χ1n) is 8.74. The van der Waals surface area contributed by atoms with Gasteiger partial charge in [-0.05, 0) is 49.7 Å². The second-order valence-electron chi connectivity index (χ2n) is 5.92. The van der Waals surface area contributed by atoms with E-state index in [4.69, 9.17) is 13.9 Å². The lowest BCUT2D eigenvalue weighted by Crippen LogP contribution is -2.33. The quantitative estimate of drug-likeness (QED) is 0.629. The van der Waals surface area contributed by atoms with Crippen LogP contribution in [-0.2, 0) is 0 Å². The highest BCUT2D eigenvalue weighted by atomic mass is 16.6. The minimum atomic E-state index is -0.458. The molecule has 0 spiro atoms. The molecule has 3 rings (SSSR count). The molecule has 0 aliphatic rings. The summed E-state index contributed by atoms with van der Waals surface area (Å²) in [5.74, 6) is 1.04. The van der Waals surface area contributed by atoms with Crippen molar-refractivity contribution in [3.8, 4) is 22.6 Å². The molecule has 6 heteroatoms. The highest BCUT2D eigenvalue weighted by molar-refractivity contribution is 5.83. The van der Waals surface area contributed by atoms with Crippen LogP contribution in [0.5, 0.6) is 11.5 Å². The van der Waals surface area contributed by atoms with Gasteiger partial charge in [-0.2, -0.15) is 0 Å². The monoisotopic (exact) mass is 367 g/mol. The number of nitrogens with zero attached hydrogens (tertiary/aromatic N) is 1. The molecule has 140 valence electrons. The molecular weight excluding hydrogens is 346 g/mol. The summed E-state index contributed by atoms with van der Waals surface area (Å²) in [7, 11) is 1.59. The fraction of sp³-hybridized carbons (Fsp3) is 0.238. The molecule has 3 aromatic rings. The van der Waals surface area contributed by atoms with E-state index in [9.17, 15) is 9.59 Å². The topological polar surface area (TPSA) is 69.0 Å². The molecule has 6 nitrogen and oxygen atoms in total. The Kier molecular flexibility index (Phi) is 5.45. The average Bonchev–Trinajstić information content (AvgIpc) is 2.68. The molecule has 2 aromatic carbocycles. The number of amides is 1. The molecule has 27 heavy (non-hydrogen) atoms. The number of rotatable bonds is 5. The minimum Gasteiger partial charge on any atom is -0.497 e. The first kappa shape index (κ1) is 18.5. The number of carbonyl (C=O) groups excluding carboxylic acids is 1. The predicted molar refractivity (Wildman–Crippen MR) is 103 cm³/mol. The molecule has 0 bridgehead atoms. The third-order valence-electron chi connectivity index (χ3n) is 4.34. The Morgan fingerprint density at radius 2 is 1.67 bits per heavy atom. The van der Waals surface area contributed by atoms with Crippen molar-refractivity contribution >= 4 is 17.1 Å².